The maximum Gasteiger partial charge on any atom is 0.351 e. The molecular weight excluding hydrogens is 552 g/mol. The maximum absolute atomic E-state index is 14.1. The van der Waals surface area contributed by atoms with Crippen LogP contribution in [0.3, 0.4) is 0 Å². The lowest BCUT2D eigenvalue weighted by Gasteiger charge is -2.39. The summed E-state index contributed by atoms with van der Waals surface area (Å²) in [5.41, 5.74) is -7.96. The first-order valence-corrected chi connectivity index (χ1v) is 12.8. The third kappa shape index (κ3) is 4.61. The van der Waals surface area contributed by atoms with Crippen molar-refractivity contribution in [2.24, 2.45) is 0 Å². The van der Waals surface area contributed by atoms with Crippen molar-refractivity contribution in [1.82, 2.24) is 9.55 Å². The Morgan fingerprint density at radius 1 is 0.780 bits per heavy atom. The van der Waals surface area contributed by atoms with Crippen LogP contribution in [-0.2, 0) is 4.74 Å². The number of aromatic nitrogens is 2. The summed E-state index contributed by atoms with van der Waals surface area (Å²) in [4.78, 5) is 58.1. The largest absolute Gasteiger partial charge is 0.382 e. The summed E-state index contributed by atoms with van der Waals surface area (Å²) in [7, 11) is 0. The van der Waals surface area contributed by atoms with E-state index < -0.39 is 52.7 Å². The molecule has 1 saturated heterocycles. The van der Waals surface area contributed by atoms with Crippen LogP contribution in [0.2, 0.25) is 5.15 Å². The highest BCUT2D eigenvalue weighted by atomic mass is 35.5. The van der Waals surface area contributed by atoms with E-state index >= 15 is 0 Å². The highest BCUT2D eigenvalue weighted by Gasteiger charge is 2.75. The average molecular weight is 575 g/mol. The number of hydrogen-bond donors (Lipinski definition) is 3. The standard InChI is InChI=1S/C30H23ClN2O8/c31-21-16-17-33(28(38)32-21)27-30(40,25(37)20-14-8-3-9-15-20)29(39,24(36)19-12-6-2-7-13-19)26(41-27)23(35)22(34)18-10-4-1-5-11-18/h1-17,23,26-27,35,39-40H/t23?,26-,27-,29-,30+/m1/s1. The van der Waals surface area contributed by atoms with E-state index in [0.717, 1.165) is 12.3 Å². The topological polar surface area (TPSA) is 156 Å². The third-order valence-electron chi connectivity index (χ3n) is 7.05. The van der Waals surface area contributed by atoms with Crippen molar-refractivity contribution >= 4 is 29.0 Å². The minimum Gasteiger partial charge on any atom is -0.382 e. The lowest BCUT2D eigenvalue weighted by atomic mass is 9.69. The van der Waals surface area contributed by atoms with E-state index in [0.29, 0.717) is 4.57 Å². The molecule has 41 heavy (non-hydrogen) atoms. The van der Waals surface area contributed by atoms with Crippen molar-refractivity contribution in [3.05, 3.63) is 136 Å². The van der Waals surface area contributed by atoms with Gasteiger partial charge >= 0.3 is 5.69 Å². The molecule has 0 radical (unpaired) electrons. The van der Waals surface area contributed by atoms with Gasteiger partial charge in [0.2, 0.25) is 17.2 Å². The highest BCUT2D eigenvalue weighted by molar-refractivity contribution is 6.29. The van der Waals surface area contributed by atoms with Crippen LogP contribution in [0.15, 0.2) is 108 Å². The van der Waals surface area contributed by atoms with Crippen molar-refractivity contribution in [2.45, 2.75) is 29.6 Å². The fourth-order valence-corrected chi connectivity index (χ4v) is 5.13. The van der Waals surface area contributed by atoms with Gasteiger partial charge in [0.05, 0.1) is 0 Å². The molecule has 1 fully saturated rings. The lowest BCUT2D eigenvalue weighted by molar-refractivity contribution is -0.108. The van der Waals surface area contributed by atoms with Crippen LogP contribution in [0.25, 0.3) is 0 Å². The minimum atomic E-state index is -3.30. The molecule has 0 spiro atoms. The highest BCUT2D eigenvalue weighted by Crippen LogP contribution is 2.50. The second kappa shape index (κ2) is 10.9. The summed E-state index contributed by atoms with van der Waals surface area (Å²) < 4.78 is 6.52. The molecule has 208 valence electrons. The van der Waals surface area contributed by atoms with Gasteiger partial charge < -0.3 is 20.1 Å². The van der Waals surface area contributed by atoms with Crippen LogP contribution in [0.4, 0.5) is 0 Å². The van der Waals surface area contributed by atoms with E-state index in [1.165, 1.54) is 72.8 Å². The van der Waals surface area contributed by atoms with E-state index in [1.54, 1.807) is 18.2 Å². The number of aliphatic hydroxyl groups excluding tert-OH is 1. The van der Waals surface area contributed by atoms with Crippen LogP contribution in [0.1, 0.15) is 37.3 Å². The quantitative estimate of drug-likeness (QED) is 0.212. The Balaban J connectivity index is 1.77. The molecule has 4 aromatic rings. The summed E-state index contributed by atoms with van der Waals surface area (Å²) in [5, 5.41) is 35.8. The first-order chi connectivity index (χ1) is 19.6. The van der Waals surface area contributed by atoms with E-state index in [9.17, 15) is 34.5 Å². The molecule has 0 saturated carbocycles. The molecule has 2 heterocycles. The van der Waals surface area contributed by atoms with E-state index in [1.807, 2.05) is 0 Å². The van der Waals surface area contributed by atoms with E-state index in [-0.39, 0.29) is 21.8 Å². The zero-order valence-electron chi connectivity index (χ0n) is 21.2. The first-order valence-electron chi connectivity index (χ1n) is 12.4. The molecule has 3 N–H and O–H groups in total. The fourth-order valence-electron chi connectivity index (χ4n) is 5.00. The van der Waals surface area contributed by atoms with E-state index in [2.05, 4.69) is 4.98 Å². The molecular formula is C30H23ClN2O8. The average Bonchev–Trinajstić information content (AvgIpc) is 3.25. The molecule has 1 unspecified atom stereocenters. The SMILES string of the molecule is O=C(c1ccccc1)C(O)[C@H]1O[C@@H](n2ccc(Cl)nc2=O)[C@@](O)(C(=O)c2ccccc2)[C@@]1(O)C(=O)c1ccccc1. The Morgan fingerprint density at radius 3 is 1.73 bits per heavy atom. The third-order valence-corrected chi connectivity index (χ3v) is 7.26. The summed E-state index contributed by atoms with van der Waals surface area (Å²) in [6, 6.07) is 23.1. The molecule has 0 bridgehead atoms. The van der Waals surface area contributed by atoms with Gasteiger partial charge in [-0.2, -0.15) is 4.98 Å². The second-order valence-electron chi connectivity index (χ2n) is 9.45. The summed E-state index contributed by atoms with van der Waals surface area (Å²) in [6.07, 6.45) is -5.58. The molecule has 1 aromatic heterocycles. The van der Waals surface area contributed by atoms with Gasteiger partial charge in [-0.3, -0.25) is 19.0 Å². The van der Waals surface area contributed by atoms with Gasteiger partial charge in [-0.25, -0.2) is 4.79 Å². The monoisotopic (exact) mass is 574 g/mol. The van der Waals surface area contributed by atoms with Crippen LogP contribution >= 0.6 is 11.6 Å². The number of halogens is 1. The number of carbonyl (C=O) groups excluding carboxylic acids is 3. The van der Waals surface area contributed by atoms with Crippen molar-refractivity contribution < 1.29 is 34.4 Å². The number of carbonyl (C=O) groups is 3. The Labute approximate surface area is 238 Å². The van der Waals surface area contributed by atoms with Gasteiger partial charge in [0.25, 0.3) is 0 Å². The number of benzene rings is 3. The number of ether oxygens (including phenoxy) is 1. The molecule has 0 amide bonds. The Morgan fingerprint density at radius 2 is 1.24 bits per heavy atom. The minimum absolute atomic E-state index is 0.00446. The maximum atomic E-state index is 14.1. The van der Waals surface area contributed by atoms with Crippen LogP contribution < -0.4 is 5.69 Å². The second-order valence-corrected chi connectivity index (χ2v) is 9.83. The first kappa shape index (κ1) is 28.2. The summed E-state index contributed by atoms with van der Waals surface area (Å²) >= 11 is 5.85. The molecule has 5 rings (SSSR count). The molecule has 0 aliphatic carbocycles. The molecule has 5 atom stereocenters. The number of aliphatic hydroxyl groups is 3. The smallest absolute Gasteiger partial charge is 0.351 e. The lowest BCUT2D eigenvalue weighted by Crippen LogP contribution is -2.69. The van der Waals surface area contributed by atoms with Crippen molar-refractivity contribution in [1.29, 1.82) is 0 Å². The molecule has 11 heteroatoms. The number of nitrogens with zero attached hydrogens (tertiary/aromatic N) is 2. The predicted octanol–water partition coefficient (Wildman–Crippen LogP) is 2.27. The summed E-state index contributed by atoms with van der Waals surface area (Å²) in [5.74, 6) is -3.41. The normalized spacial score (nSPS) is 24.5. The Kier molecular flexibility index (Phi) is 7.52. The fraction of sp³-hybridized carbons (Fsp3) is 0.167. The number of rotatable bonds is 8. The van der Waals surface area contributed by atoms with Gasteiger partial charge in [0, 0.05) is 22.9 Å². The Hall–Kier alpha value is -4.32. The number of ketones is 3. The van der Waals surface area contributed by atoms with Gasteiger partial charge in [0.15, 0.2) is 17.6 Å². The summed E-state index contributed by atoms with van der Waals surface area (Å²) in [6.45, 7) is 0. The zero-order valence-corrected chi connectivity index (χ0v) is 22.0. The molecule has 1 aliphatic heterocycles. The van der Waals surface area contributed by atoms with Crippen LogP contribution in [0, 0.1) is 0 Å². The Bertz CT molecular complexity index is 1660. The van der Waals surface area contributed by atoms with Crippen molar-refractivity contribution in [3.63, 3.8) is 0 Å². The van der Waals surface area contributed by atoms with E-state index in [4.69, 9.17) is 16.3 Å². The van der Waals surface area contributed by atoms with Gasteiger partial charge in [-0.15, -0.1) is 0 Å². The van der Waals surface area contributed by atoms with Gasteiger partial charge in [-0.1, -0.05) is 103 Å². The van der Waals surface area contributed by atoms with Gasteiger partial charge in [0.1, 0.15) is 17.4 Å². The van der Waals surface area contributed by atoms with Crippen molar-refractivity contribution in [2.75, 3.05) is 0 Å². The molecule has 1 aliphatic rings. The van der Waals surface area contributed by atoms with Crippen LogP contribution in [0.5, 0.6) is 0 Å². The van der Waals surface area contributed by atoms with Crippen LogP contribution in [-0.4, -0.2) is 65.6 Å². The van der Waals surface area contributed by atoms with Crippen molar-refractivity contribution in [3.8, 4) is 0 Å². The predicted molar refractivity (Wildman–Crippen MR) is 146 cm³/mol. The number of hydrogen-bond acceptors (Lipinski definition) is 9. The zero-order chi connectivity index (χ0) is 29.4. The van der Waals surface area contributed by atoms with Gasteiger partial charge in [-0.05, 0) is 6.07 Å². The molecule has 3 aromatic carbocycles. The molecule has 10 nitrogen and oxygen atoms in total. The number of Topliss-reactive ketones (excluding diaryl/α,β-unsaturated/α-hetero) is 3.